The first-order valence-corrected chi connectivity index (χ1v) is 8.61. The Kier molecular flexibility index (Phi) is 4.13. The summed E-state index contributed by atoms with van der Waals surface area (Å²) >= 11 is 0. The fourth-order valence-electron chi connectivity index (χ4n) is 2.35. The predicted molar refractivity (Wildman–Crippen MR) is 91.2 cm³/mol. The fraction of sp³-hybridized carbons (Fsp3) is 0. The third-order valence-electron chi connectivity index (χ3n) is 3.58. The zero-order chi connectivity index (χ0) is 17.2. The number of sulfonamides is 1. The van der Waals surface area contributed by atoms with Gasteiger partial charge in [0.15, 0.2) is 0 Å². The molecule has 0 aliphatic carbocycles. The monoisotopic (exact) mass is 335 g/mol. The van der Waals surface area contributed by atoms with Crippen LogP contribution < -0.4 is 5.14 Å². The lowest BCUT2D eigenvalue weighted by Gasteiger charge is -2.07. The van der Waals surface area contributed by atoms with E-state index in [1.807, 2.05) is 18.2 Å². The highest BCUT2D eigenvalue weighted by Gasteiger charge is 2.09. The van der Waals surface area contributed by atoms with Crippen molar-refractivity contribution >= 4 is 10.0 Å². The molecule has 0 amide bonds. The van der Waals surface area contributed by atoms with E-state index in [1.165, 1.54) is 12.1 Å². The summed E-state index contributed by atoms with van der Waals surface area (Å²) < 4.78 is 23.0. The topological polar surface area (TPSA) is 96.8 Å². The number of rotatable bonds is 3. The smallest absolute Gasteiger partial charge is 0.238 e. The first-order chi connectivity index (χ1) is 11.5. The minimum atomic E-state index is -3.75. The van der Waals surface area contributed by atoms with E-state index in [9.17, 15) is 8.42 Å². The van der Waals surface area contributed by atoms with E-state index in [0.29, 0.717) is 11.1 Å². The molecule has 3 aromatic rings. The molecule has 0 spiro atoms. The van der Waals surface area contributed by atoms with Gasteiger partial charge >= 0.3 is 0 Å². The third-order valence-corrected chi connectivity index (χ3v) is 4.49. The Balaban J connectivity index is 2.03. The zero-order valence-corrected chi connectivity index (χ0v) is 13.4. The van der Waals surface area contributed by atoms with E-state index in [1.54, 1.807) is 36.7 Å². The molecule has 5 nitrogen and oxygen atoms in total. The molecule has 0 bridgehead atoms. The van der Waals surface area contributed by atoms with Crippen LogP contribution in [0.2, 0.25) is 0 Å². The van der Waals surface area contributed by atoms with E-state index in [2.05, 4.69) is 11.1 Å². The van der Waals surface area contributed by atoms with E-state index in [-0.39, 0.29) is 4.90 Å². The maximum absolute atomic E-state index is 11.5. The third kappa shape index (κ3) is 3.33. The quantitative estimate of drug-likeness (QED) is 0.795. The Morgan fingerprint density at radius 1 is 0.875 bits per heavy atom. The number of aromatic nitrogens is 1. The van der Waals surface area contributed by atoms with Gasteiger partial charge in [-0.15, -0.1) is 0 Å². The summed E-state index contributed by atoms with van der Waals surface area (Å²) in [5.41, 5.74) is 3.87. The van der Waals surface area contributed by atoms with Gasteiger partial charge < -0.3 is 0 Å². The number of hydrogen-bond acceptors (Lipinski definition) is 4. The molecular formula is C18H13N3O2S. The number of benzene rings is 2. The molecule has 1 aromatic heterocycles. The maximum atomic E-state index is 11.5. The lowest BCUT2D eigenvalue weighted by molar-refractivity contribution is 0.598. The minimum Gasteiger partial charge on any atom is -0.263 e. The van der Waals surface area contributed by atoms with Gasteiger partial charge in [-0.2, -0.15) is 5.26 Å². The summed E-state index contributed by atoms with van der Waals surface area (Å²) in [5.74, 6) is 0. The van der Waals surface area contributed by atoms with Gasteiger partial charge in [-0.05, 0) is 41.5 Å². The van der Waals surface area contributed by atoms with Gasteiger partial charge in [0, 0.05) is 23.5 Å². The molecule has 24 heavy (non-hydrogen) atoms. The second-order valence-electron chi connectivity index (χ2n) is 5.22. The van der Waals surface area contributed by atoms with Gasteiger partial charge in [0.2, 0.25) is 10.0 Å². The summed E-state index contributed by atoms with van der Waals surface area (Å²) in [6, 6.07) is 17.6. The Hall–Kier alpha value is -3.01. The molecule has 6 heteroatoms. The van der Waals surface area contributed by atoms with E-state index in [0.717, 1.165) is 16.7 Å². The van der Waals surface area contributed by atoms with Crippen molar-refractivity contribution in [3.8, 4) is 28.3 Å². The molecule has 0 radical (unpaired) electrons. The van der Waals surface area contributed by atoms with Crippen LogP contribution in [-0.4, -0.2) is 13.4 Å². The van der Waals surface area contributed by atoms with Gasteiger partial charge in [0.05, 0.1) is 16.5 Å². The number of nitriles is 1. The van der Waals surface area contributed by atoms with E-state index in [4.69, 9.17) is 10.4 Å². The Labute approximate surface area is 140 Å². The van der Waals surface area contributed by atoms with Crippen LogP contribution in [0.15, 0.2) is 71.9 Å². The normalized spacial score (nSPS) is 11.0. The molecule has 2 aromatic carbocycles. The second kappa shape index (κ2) is 6.24. The highest BCUT2D eigenvalue weighted by Crippen LogP contribution is 2.26. The Morgan fingerprint density at radius 2 is 1.54 bits per heavy atom. The van der Waals surface area contributed by atoms with Crippen LogP contribution in [0.3, 0.4) is 0 Å². The van der Waals surface area contributed by atoms with Gasteiger partial charge in [-0.25, -0.2) is 13.6 Å². The van der Waals surface area contributed by atoms with Crippen molar-refractivity contribution in [2.45, 2.75) is 4.90 Å². The second-order valence-corrected chi connectivity index (χ2v) is 6.79. The number of hydrogen-bond donors (Lipinski definition) is 1. The van der Waals surface area contributed by atoms with Gasteiger partial charge in [-0.3, -0.25) is 4.98 Å². The fourth-order valence-corrected chi connectivity index (χ4v) is 2.91. The number of primary sulfonamides is 1. The Bertz CT molecular complexity index is 1040. The van der Waals surface area contributed by atoms with Crippen LogP contribution in [0.1, 0.15) is 5.56 Å². The summed E-state index contributed by atoms with van der Waals surface area (Å²) in [6.45, 7) is 0. The van der Waals surface area contributed by atoms with Crippen LogP contribution in [0.5, 0.6) is 0 Å². The van der Waals surface area contributed by atoms with Crippen molar-refractivity contribution in [3.63, 3.8) is 0 Å². The first-order valence-electron chi connectivity index (χ1n) is 7.06. The molecule has 0 aliphatic rings. The summed E-state index contributed by atoms with van der Waals surface area (Å²) in [4.78, 5) is 4.29. The lowest BCUT2D eigenvalue weighted by Crippen LogP contribution is -2.11. The molecule has 0 atom stereocenters. The molecule has 0 fully saturated rings. The highest BCUT2D eigenvalue weighted by atomic mass is 32.2. The van der Waals surface area contributed by atoms with Gasteiger partial charge in [-0.1, -0.05) is 24.3 Å². The van der Waals surface area contributed by atoms with Crippen molar-refractivity contribution in [2.75, 3.05) is 0 Å². The SMILES string of the molecule is N#Cc1ccc(-c2cncc(-c3cccc(S(N)(=O)=O)c3)c2)cc1. The molecular weight excluding hydrogens is 322 g/mol. The predicted octanol–water partition coefficient (Wildman–Crippen LogP) is 2.93. The summed E-state index contributed by atoms with van der Waals surface area (Å²) in [6.07, 6.45) is 3.38. The van der Waals surface area contributed by atoms with E-state index < -0.39 is 10.0 Å². The zero-order valence-electron chi connectivity index (χ0n) is 12.5. The summed E-state index contributed by atoms with van der Waals surface area (Å²) in [5, 5.41) is 14.0. The molecule has 0 aliphatic heterocycles. The molecule has 0 unspecified atom stereocenters. The Morgan fingerprint density at radius 3 is 2.17 bits per heavy atom. The molecule has 3 rings (SSSR count). The molecule has 2 N–H and O–H groups in total. The average Bonchev–Trinajstić information content (AvgIpc) is 2.61. The van der Waals surface area contributed by atoms with Crippen molar-refractivity contribution in [3.05, 3.63) is 72.6 Å². The van der Waals surface area contributed by atoms with Crippen molar-refractivity contribution in [2.24, 2.45) is 5.14 Å². The van der Waals surface area contributed by atoms with Crippen molar-refractivity contribution in [1.29, 1.82) is 5.26 Å². The average molecular weight is 335 g/mol. The number of nitrogens with two attached hydrogens (primary N) is 1. The van der Waals surface area contributed by atoms with Crippen LogP contribution in [0.25, 0.3) is 22.3 Å². The highest BCUT2D eigenvalue weighted by molar-refractivity contribution is 7.89. The van der Waals surface area contributed by atoms with Gasteiger partial charge in [0.25, 0.3) is 0 Å². The summed E-state index contributed by atoms with van der Waals surface area (Å²) in [7, 11) is -3.75. The van der Waals surface area contributed by atoms with Crippen LogP contribution >= 0.6 is 0 Å². The molecule has 118 valence electrons. The largest absolute Gasteiger partial charge is 0.263 e. The standard InChI is InChI=1S/C18H13N3O2S/c19-10-13-4-6-14(7-5-13)16-8-17(12-21-11-16)15-2-1-3-18(9-15)24(20,22)23/h1-9,11-12H,(H2,20,22,23). The van der Waals surface area contributed by atoms with E-state index >= 15 is 0 Å². The molecule has 0 saturated heterocycles. The lowest BCUT2D eigenvalue weighted by atomic mass is 10.0. The maximum Gasteiger partial charge on any atom is 0.238 e. The van der Waals surface area contributed by atoms with Crippen LogP contribution in [-0.2, 0) is 10.0 Å². The van der Waals surface area contributed by atoms with Crippen LogP contribution in [0, 0.1) is 11.3 Å². The number of nitrogens with zero attached hydrogens (tertiary/aromatic N) is 2. The van der Waals surface area contributed by atoms with Crippen LogP contribution in [0.4, 0.5) is 0 Å². The molecule has 1 heterocycles. The van der Waals surface area contributed by atoms with Gasteiger partial charge in [0.1, 0.15) is 0 Å². The van der Waals surface area contributed by atoms with Crippen molar-refractivity contribution < 1.29 is 8.42 Å². The first kappa shape index (κ1) is 15.9. The molecule has 0 saturated carbocycles. The number of pyridine rings is 1. The van der Waals surface area contributed by atoms with Crippen molar-refractivity contribution in [1.82, 2.24) is 4.98 Å². The minimum absolute atomic E-state index is 0.0591.